The lowest BCUT2D eigenvalue weighted by Gasteiger charge is -2.60. The van der Waals surface area contributed by atoms with Crippen LogP contribution in [-0.4, -0.2) is 0 Å². The Kier molecular flexibility index (Phi) is 5.93. The molecule has 160 valence electrons. The fourth-order valence-corrected chi connectivity index (χ4v) is 6.96. The lowest BCUT2D eigenvalue weighted by atomic mass is 9.41. The fourth-order valence-electron chi connectivity index (χ4n) is 6.96. The van der Waals surface area contributed by atoms with E-state index < -0.39 is 0 Å². The molecule has 2 aliphatic rings. The molecule has 0 bridgehead atoms. The zero-order chi connectivity index (χ0) is 22.0. The molecule has 0 aromatic heterocycles. The van der Waals surface area contributed by atoms with E-state index in [4.69, 9.17) is 0 Å². The van der Waals surface area contributed by atoms with Gasteiger partial charge in [0.1, 0.15) is 0 Å². The largest absolute Gasteiger partial charge is 0.0730 e. The van der Waals surface area contributed by atoms with Crippen LogP contribution in [0.4, 0.5) is 0 Å². The molecule has 2 aromatic rings. The molecule has 31 heavy (non-hydrogen) atoms. The summed E-state index contributed by atoms with van der Waals surface area (Å²) >= 11 is 0. The van der Waals surface area contributed by atoms with Gasteiger partial charge in [0.15, 0.2) is 0 Å². The zero-order valence-corrected chi connectivity index (χ0v) is 19.6. The van der Waals surface area contributed by atoms with Crippen LogP contribution >= 0.6 is 0 Å². The van der Waals surface area contributed by atoms with Gasteiger partial charge in [-0.25, -0.2) is 0 Å². The van der Waals surface area contributed by atoms with Gasteiger partial charge in [-0.1, -0.05) is 136 Å². The molecule has 4 rings (SSSR count). The second kappa shape index (κ2) is 8.50. The van der Waals surface area contributed by atoms with Gasteiger partial charge >= 0.3 is 0 Å². The molecule has 0 aliphatic heterocycles. The summed E-state index contributed by atoms with van der Waals surface area (Å²) in [4.78, 5) is 0. The number of rotatable bonds is 8. The van der Waals surface area contributed by atoms with Crippen LogP contribution in [0.25, 0.3) is 0 Å². The minimum Gasteiger partial charge on any atom is -0.0730 e. The average Bonchev–Trinajstić information content (AvgIpc) is 3.46. The van der Waals surface area contributed by atoms with Gasteiger partial charge in [-0.15, -0.1) is 0 Å². The number of hydrogen-bond acceptors (Lipinski definition) is 0. The summed E-state index contributed by atoms with van der Waals surface area (Å²) in [6, 6.07) is 22.7. The summed E-state index contributed by atoms with van der Waals surface area (Å²) in [5.74, 6) is 0. The Morgan fingerprint density at radius 3 is 1.29 bits per heavy atom. The highest BCUT2D eigenvalue weighted by molar-refractivity contribution is 5.59. The molecule has 0 N–H and O–H groups in total. The van der Waals surface area contributed by atoms with Crippen molar-refractivity contribution >= 4 is 0 Å². The molecule has 0 heteroatoms. The first-order valence-electron chi connectivity index (χ1n) is 12.1. The molecule has 0 saturated carbocycles. The molecule has 0 radical (unpaired) electrons. The summed E-state index contributed by atoms with van der Waals surface area (Å²) in [7, 11) is 0. The molecule has 2 aromatic carbocycles. The van der Waals surface area contributed by atoms with Gasteiger partial charge in [-0.3, -0.25) is 0 Å². The summed E-state index contributed by atoms with van der Waals surface area (Å²) < 4.78 is 0. The van der Waals surface area contributed by atoms with E-state index in [0.29, 0.717) is 0 Å². The van der Waals surface area contributed by atoms with E-state index in [1.807, 2.05) is 0 Å². The minimum absolute atomic E-state index is 0.0800. The molecular weight excluding hydrogens is 372 g/mol. The van der Waals surface area contributed by atoms with E-state index in [-0.39, 0.29) is 16.2 Å². The Morgan fingerprint density at radius 1 is 0.581 bits per heavy atom. The minimum atomic E-state index is -0.226. The first-order valence-corrected chi connectivity index (χ1v) is 12.1. The third-order valence-electron chi connectivity index (χ3n) is 8.13. The Hall–Kier alpha value is -2.60. The molecule has 2 atom stereocenters. The van der Waals surface area contributed by atoms with Crippen molar-refractivity contribution in [3.8, 4) is 0 Å². The zero-order valence-electron chi connectivity index (χ0n) is 19.6. The van der Waals surface area contributed by atoms with Crippen LogP contribution in [-0.2, 0) is 5.41 Å². The van der Waals surface area contributed by atoms with Gasteiger partial charge in [-0.05, 0) is 36.8 Å². The van der Waals surface area contributed by atoms with Crippen molar-refractivity contribution in [2.45, 2.75) is 58.8 Å². The van der Waals surface area contributed by atoms with Crippen LogP contribution in [0, 0.1) is 10.8 Å². The van der Waals surface area contributed by atoms with E-state index in [9.17, 15) is 0 Å². The van der Waals surface area contributed by atoms with Crippen LogP contribution in [0.1, 0.15) is 64.5 Å². The molecule has 0 amide bonds. The number of benzene rings is 2. The molecule has 2 unspecified atom stereocenters. The highest BCUT2D eigenvalue weighted by atomic mass is 14.6. The SMILES string of the molecule is CCC1=CC=CC1(CC)C(c1ccccc1)(c1ccccc1)C1(CC)C=CC=C1CC. The predicted octanol–water partition coefficient (Wildman–Crippen LogP) is 8.58. The summed E-state index contributed by atoms with van der Waals surface area (Å²) in [5.41, 5.74) is 5.55. The van der Waals surface area contributed by atoms with Gasteiger partial charge in [0.05, 0.1) is 0 Å². The van der Waals surface area contributed by atoms with E-state index in [2.05, 4.69) is 125 Å². The normalized spacial score (nSPS) is 25.0. The van der Waals surface area contributed by atoms with Crippen molar-refractivity contribution in [3.63, 3.8) is 0 Å². The van der Waals surface area contributed by atoms with Crippen LogP contribution in [0.2, 0.25) is 0 Å². The second-order valence-electron chi connectivity index (χ2n) is 8.94. The van der Waals surface area contributed by atoms with Crippen molar-refractivity contribution in [2.24, 2.45) is 10.8 Å². The highest BCUT2D eigenvalue weighted by Gasteiger charge is 2.64. The van der Waals surface area contributed by atoms with Gasteiger partial charge in [0, 0.05) is 16.2 Å². The van der Waals surface area contributed by atoms with Crippen LogP contribution in [0.5, 0.6) is 0 Å². The van der Waals surface area contributed by atoms with Crippen LogP contribution in [0.3, 0.4) is 0 Å². The van der Waals surface area contributed by atoms with Crippen molar-refractivity contribution in [1.29, 1.82) is 0 Å². The van der Waals surface area contributed by atoms with Crippen molar-refractivity contribution in [1.82, 2.24) is 0 Å². The Labute approximate surface area is 189 Å². The topological polar surface area (TPSA) is 0 Å². The summed E-state index contributed by atoms with van der Waals surface area (Å²) in [5, 5.41) is 0. The van der Waals surface area contributed by atoms with Gasteiger partial charge < -0.3 is 0 Å². The molecule has 0 heterocycles. The van der Waals surface area contributed by atoms with E-state index in [1.54, 1.807) is 11.1 Å². The quantitative estimate of drug-likeness (QED) is 0.410. The third-order valence-corrected chi connectivity index (χ3v) is 8.13. The second-order valence-corrected chi connectivity index (χ2v) is 8.94. The first kappa shape index (κ1) is 21.6. The van der Waals surface area contributed by atoms with Crippen molar-refractivity contribution in [2.75, 3.05) is 0 Å². The smallest absolute Gasteiger partial charge is 0.0458 e. The number of hydrogen-bond donors (Lipinski definition) is 0. The molecule has 0 spiro atoms. The van der Waals surface area contributed by atoms with Gasteiger partial charge in [0.25, 0.3) is 0 Å². The molecular formula is C31H36. The van der Waals surface area contributed by atoms with Crippen molar-refractivity contribution in [3.05, 3.63) is 119 Å². The maximum Gasteiger partial charge on any atom is 0.0458 e. The Morgan fingerprint density at radius 2 is 0.968 bits per heavy atom. The molecule has 0 fully saturated rings. The Balaban J connectivity index is 2.23. The molecule has 2 aliphatic carbocycles. The lowest BCUT2D eigenvalue weighted by molar-refractivity contribution is 0.126. The summed E-state index contributed by atoms with van der Waals surface area (Å²) in [6.45, 7) is 9.42. The van der Waals surface area contributed by atoms with Crippen molar-refractivity contribution < 1.29 is 0 Å². The molecule has 0 saturated heterocycles. The summed E-state index contributed by atoms with van der Waals surface area (Å²) in [6.07, 6.45) is 18.8. The standard InChI is InChI=1S/C31H36/c1-5-25-21-15-23-29(25,7-3)31(27-17-11-9-12-18-27,28-19-13-10-14-20-28)30(8-4)24-16-22-26(30)6-2/h9-24H,5-8H2,1-4H3. The monoisotopic (exact) mass is 408 g/mol. The number of allylic oxidation sites excluding steroid dienone is 8. The Bertz CT molecular complexity index is 933. The fraction of sp³-hybridized carbons (Fsp3) is 0.355. The van der Waals surface area contributed by atoms with Gasteiger partial charge in [-0.2, -0.15) is 0 Å². The van der Waals surface area contributed by atoms with E-state index in [1.165, 1.54) is 11.1 Å². The predicted molar refractivity (Wildman–Crippen MR) is 134 cm³/mol. The highest BCUT2D eigenvalue weighted by Crippen LogP contribution is 2.68. The molecule has 0 nitrogen and oxygen atoms in total. The van der Waals surface area contributed by atoms with Crippen LogP contribution < -0.4 is 0 Å². The first-order chi connectivity index (χ1) is 15.2. The maximum absolute atomic E-state index is 2.53. The maximum atomic E-state index is 2.53. The third kappa shape index (κ3) is 2.80. The van der Waals surface area contributed by atoms with E-state index in [0.717, 1.165) is 25.7 Å². The van der Waals surface area contributed by atoms with E-state index >= 15 is 0 Å². The van der Waals surface area contributed by atoms with Gasteiger partial charge in [0.2, 0.25) is 0 Å². The van der Waals surface area contributed by atoms with Crippen LogP contribution in [0.15, 0.2) is 108 Å². The average molecular weight is 409 g/mol. The lowest BCUT2D eigenvalue weighted by Crippen LogP contribution is -2.57.